The Balaban J connectivity index is 1.96. The van der Waals surface area contributed by atoms with Gasteiger partial charge in [-0.2, -0.15) is 10.4 Å². The highest BCUT2D eigenvalue weighted by atomic mass is 79.9. The Morgan fingerprint density at radius 2 is 2.33 bits per heavy atom. The molecule has 2 rings (SSSR count). The van der Waals surface area contributed by atoms with Crippen molar-refractivity contribution < 1.29 is 0 Å². The Bertz CT molecular complexity index is 583. The number of hydrogen-bond acceptors (Lipinski definition) is 3. The van der Waals surface area contributed by atoms with Gasteiger partial charge in [0.05, 0.1) is 24.0 Å². The summed E-state index contributed by atoms with van der Waals surface area (Å²) >= 11 is 3.35. The van der Waals surface area contributed by atoms with E-state index in [0.29, 0.717) is 5.56 Å². The smallest absolute Gasteiger partial charge is 0.101 e. The van der Waals surface area contributed by atoms with Gasteiger partial charge in [0, 0.05) is 17.2 Å². The first-order chi connectivity index (χ1) is 8.69. The molecule has 0 bridgehead atoms. The van der Waals surface area contributed by atoms with Crippen molar-refractivity contribution in [1.29, 1.82) is 5.26 Å². The van der Waals surface area contributed by atoms with Crippen LogP contribution in [0.15, 0.2) is 35.1 Å². The van der Waals surface area contributed by atoms with E-state index in [2.05, 4.69) is 32.4 Å². The molecule has 1 heterocycles. The fraction of sp³-hybridized carbons (Fsp3) is 0.231. The molecule has 0 aliphatic heterocycles. The number of aryl methyl sites for hydroxylation is 1. The first-order valence-corrected chi connectivity index (χ1v) is 6.41. The lowest BCUT2D eigenvalue weighted by molar-refractivity contribution is 0.637. The molecule has 0 saturated heterocycles. The predicted molar refractivity (Wildman–Crippen MR) is 74.3 cm³/mol. The number of nitrogens with one attached hydrogen (secondary N) is 1. The maximum absolute atomic E-state index is 9.03. The molecule has 0 atom stereocenters. The van der Waals surface area contributed by atoms with Crippen LogP contribution in [0, 0.1) is 18.3 Å². The summed E-state index contributed by atoms with van der Waals surface area (Å²) < 4.78 is 2.79. The van der Waals surface area contributed by atoms with Crippen molar-refractivity contribution in [3.8, 4) is 6.07 Å². The maximum Gasteiger partial charge on any atom is 0.101 e. The third-order valence-corrected chi connectivity index (χ3v) is 3.01. The van der Waals surface area contributed by atoms with Gasteiger partial charge in [0.25, 0.3) is 0 Å². The molecule has 0 radical (unpaired) electrons. The lowest BCUT2D eigenvalue weighted by atomic mass is 10.2. The predicted octanol–water partition coefficient (Wildman–Crippen LogP) is 2.94. The van der Waals surface area contributed by atoms with E-state index in [1.807, 2.05) is 36.1 Å². The van der Waals surface area contributed by atoms with E-state index in [1.165, 1.54) is 0 Å². The summed E-state index contributed by atoms with van der Waals surface area (Å²) in [6, 6.07) is 7.80. The van der Waals surface area contributed by atoms with Gasteiger partial charge in [0.1, 0.15) is 6.07 Å². The van der Waals surface area contributed by atoms with E-state index in [4.69, 9.17) is 5.26 Å². The fourth-order valence-electron chi connectivity index (χ4n) is 1.66. The molecule has 1 aromatic carbocycles. The number of rotatable bonds is 4. The van der Waals surface area contributed by atoms with Crippen LogP contribution in [0.25, 0.3) is 0 Å². The van der Waals surface area contributed by atoms with Crippen LogP contribution < -0.4 is 5.32 Å². The van der Waals surface area contributed by atoms with Gasteiger partial charge in [-0.1, -0.05) is 15.9 Å². The summed E-state index contributed by atoms with van der Waals surface area (Å²) in [5, 5.41) is 16.5. The van der Waals surface area contributed by atoms with Gasteiger partial charge in [0.15, 0.2) is 0 Å². The summed E-state index contributed by atoms with van der Waals surface area (Å²) in [6.45, 7) is 3.52. The van der Waals surface area contributed by atoms with Crippen molar-refractivity contribution in [1.82, 2.24) is 9.78 Å². The molecule has 1 aromatic heterocycles. The van der Waals surface area contributed by atoms with Crippen molar-refractivity contribution in [2.45, 2.75) is 13.5 Å². The topological polar surface area (TPSA) is 53.6 Å². The summed E-state index contributed by atoms with van der Waals surface area (Å²) in [7, 11) is 0. The van der Waals surface area contributed by atoms with Crippen LogP contribution in [-0.4, -0.2) is 16.3 Å². The van der Waals surface area contributed by atoms with Crippen LogP contribution in [0.2, 0.25) is 0 Å². The van der Waals surface area contributed by atoms with E-state index in [0.717, 1.165) is 28.8 Å². The molecule has 92 valence electrons. The normalized spacial score (nSPS) is 10.1. The molecule has 5 heteroatoms. The third-order valence-electron chi connectivity index (χ3n) is 2.52. The van der Waals surface area contributed by atoms with Crippen molar-refractivity contribution in [2.24, 2.45) is 0 Å². The first-order valence-electron chi connectivity index (χ1n) is 5.61. The minimum Gasteiger partial charge on any atom is -0.382 e. The fourth-order valence-corrected chi connectivity index (χ4v) is 2.02. The van der Waals surface area contributed by atoms with Crippen molar-refractivity contribution in [3.05, 3.63) is 46.2 Å². The molecule has 1 N–H and O–H groups in total. The number of benzene rings is 1. The van der Waals surface area contributed by atoms with Crippen LogP contribution in [0.1, 0.15) is 11.1 Å². The molecular formula is C13H13BrN4. The van der Waals surface area contributed by atoms with Crippen LogP contribution in [0.4, 0.5) is 5.69 Å². The van der Waals surface area contributed by atoms with E-state index in [-0.39, 0.29) is 0 Å². The molecule has 4 nitrogen and oxygen atoms in total. The summed E-state index contributed by atoms with van der Waals surface area (Å²) in [5.41, 5.74) is 2.64. The highest BCUT2D eigenvalue weighted by Gasteiger charge is 2.02. The molecule has 0 aliphatic carbocycles. The summed E-state index contributed by atoms with van der Waals surface area (Å²) in [5.74, 6) is 0. The van der Waals surface area contributed by atoms with Crippen LogP contribution in [-0.2, 0) is 6.54 Å². The second kappa shape index (κ2) is 5.69. The van der Waals surface area contributed by atoms with E-state index < -0.39 is 0 Å². The van der Waals surface area contributed by atoms with E-state index >= 15 is 0 Å². The Kier molecular flexibility index (Phi) is 4.00. The number of aromatic nitrogens is 2. The van der Waals surface area contributed by atoms with Gasteiger partial charge >= 0.3 is 0 Å². The van der Waals surface area contributed by atoms with Gasteiger partial charge < -0.3 is 5.32 Å². The Morgan fingerprint density at radius 3 is 3.00 bits per heavy atom. The van der Waals surface area contributed by atoms with Crippen LogP contribution >= 0.6 is 15.9 Å². The van der Waals surface area contributed by atoms with Crippen LogP contribution in [0.3, 0.4) is 0 Å². The highest BCUT2D eigenvalue weighted by molar-refractivity contribution is 9.10. The number of halogens is 1. The molecule has 0 aliphatic rings. The quantitative estimate of drug-likeness (QED) is 0.945. The molecule has 0 amide bonds. The van der Waals surface area contributed by atoms with Gasteiger partial charge in [-0.15, -0.1) is 0 Å². The molecule has 0 saturated carbocycles. The van der Waals surface area contributed by atoms with Crippen molar-refractivity contribution in [2.75, 3.05) is 11.9 Å². The lowest BCUT2D eigenvalue weighted by Crippen LogP contribution is -2.11. The van der Waals surface area contributed by atoms with Crippen molar-refractivity contribution >= 4 is 21.6 Å². The number of nitriles is 1. The highest BCUT2D eigenvalue weighted by Crippen LogP contribution is 2.19. The Labute approximate surface area is 114 Å². The summed E-state index contributed by atoms with van der Waals surface area (Å²) in [4.78, 5) is 0. The first kappa shape index (κ1) is 12.7. The molecule has 18 heavy (non-hydrogen) atoms. The zero-order valence-electron chi connectivity index (χ0n) is 10.0. The molecule has 0 spiro atoms. The van der Waals surface area contributed by atoms with Gasteiger partial charge in [-0.05, 0) is 30.7 Å². The number of hydrogen-bond donors (Lipinski definition) is 1. The molecule has 2 aromatic rings. The largest absolute Gasteiger partial charge is 0.382 e. The minimum atomic E-state index is 0.640. The Morgan fingerprint density at radius 1 is 1.50 bits per heavy atom. The van der Waals surface area contributed by atoms with Gasteiger partial charge in [-0.3, -0.25) is 4.68 Å². The third kappa shape index (κ3) is 3.11. The zero-order valence-corrected chi connectivity index (χ0v) is 11.6. The van der Waals surface area contributed by atoms with E-state index in [1.54, 1.807) is 6.07 Å². The minimum absolute atomic E-state index is 0.640. The van der Waals surface area contributed by atoms with Crippen LogP contribution in [0.5, 0.6) is 0 Å². The lowest BCUT2D eigenvalue weighted by Gasteiger charge is -2.08. The van der Waals surface area contributed by atoms with Crippen molar-refractivity contribution in [3.63, 3.8) is 0 Å². The van der Waals surface area contributed by atoms with Gasteiger partial charge in [-0.25, -0.2) is 0 Å². The monoisotopic (exact) mass is 304 g/mol. The number of nitrogens with zero attached hydrogens (tertiary/aromatic N) is 3. The average Bonchev–Trinajstić information content (AvgIpc) is 2.77. The number of anilines is 1. The molecule has 0 unspecified atom stereocenters. The maximum atomic E-state index is 9.03. The zero-order chi connectivity index (χ0) is 13.0. The second-order valence-electron chi connectivity index (χ2n) is 4.01. The Hall–Kier alpha value is -1.80. The second-order valence-corrected chi connectivity index (χ2v) is 4.92. The van der Waals surface area contributed by atoms with E-state index in [9.17, 15) is 0 Å². The average molecular weight is 305 g/mol. The SMILES string of the molecule is Cc1cnn(CCNc2ccc(Br)cc2C#N)c1. The summed E-state index contributed by atoms with van der Waals surface area (Å²) in [6.07, 6.45) is 3.83. The van der Waals surface area contributed by atoms with Gasteiger partial charge in [0.2, 0.25) is 0 Å². The molecular weight excluding hydrogens is 292 g/mol. The standard InChI is InChI=1S/C13H13BrN4/c1-10-8-17-18(9-10)5-4-16-13-3-2-12(14)6-11(13)7-15/h2-3,6,8-9,16H,4-5H2,1H3. The molecule has 0 fully saturated rings.